The summed E-state index contributed by atoms with van der Waals surface area (Å²) in [4.78, 5) is 3.81. The molecule has 0 spiro atoms. The number of hydrogen-bond donors (Lipinski definition) is 1. The van der Waals surface area contributed by atoms with Crippen molar-refractivity contribution in [1.29, 1.82) is 0 Å². The average Bonchev–Trinajstić information content (AvgIpc) is 2.64. The third kappa shape index (κ3) is 2.96. The fourth-order valence-electron chi connectivity index (χ4n) is 1.32. The summed E-state index contributed by atoms with van der Waals surface area (Å²) in [6.07, 6.45) is -3.24. The number of nitrogen functional groups attached to an aromatic ring is 1. The number of anilines is 1. The highest BCUT2D eigenvalue weighted by Gasteiger charge is 2.28. The molecule has 0 atom stereocenters. The molecule has 17 heavy (non-hydrogen) atoms. The summed E-state index contributed by atoms with van der Waals surface area (Å²) in [7, 11) is 0. The molecule has 2 rings (SSSR count). The first kappa shape index (κ1) is 11.4. The summed E-state index contributed by atoms with van der Waals surface area (Å²) in [5.41, 5.74) is 6.70. The molecule has 7 heteroatoms. The lowest BCUT2D eigenvalue weighted by Gasteiger charge is -2.04. The molecule has 0 saturated carbocycles. The van der Waals surface area contributed by atoms with Gasteiger partial charge < -0.3 is 5.73 Å². The zero-order valence-corrected chi connectivity index (χ0v) is 8.65. The number of nitrogens with zero attached hydrogens (tertiary/aromatic N) is 3. The SMILES string of the molecule is Nc1ccc(-c2ncn(CC(F)(F)F)n2)cc1. The fourth-order valence-corrected chi connectivity index (χ4v) is 1.32. The lowest BCUT2D eigenvalue weighted by atomic mass is 10.2. The molecule has 0 aliphatic heterocycles. The minimum Gasteiger partial charge on any atom is -0.399 e. The highest BCUT2D eigenvalue weighted by Crippen LogP contribution is 2.19. The van der Waals surface area contributed by atoms with E-state index >= 15 is 0 Å². The van der Waals surface area contributed by atoms with Gasteiger partial charge in [0.2, 0.25) is 0 Å². The molecule has 2 N–H and O–H groups in total. The number of rotatable bonds is 2. The van der Waals surface area contributed by atoms with Crippen LogP contribution in [0.3, 0.4) is 0 Å². The highest BCUT2D eigenvalue weighted by atomic mass is 19.4. The van der Waals surface area contributed by atoms with Crippen LogP contribution in [0, 0.1) is 0 Å². The molecule has 0 bridgehead atoms. The number of hydrogen-bond acceptors (Lipinski definition) is 3. The molecule has 0 aliphatic rings. The van der Waals surface area contributed by atoms with E-state index in [2.05, 4.69) is 10.1 Å². The van der Waals surface area contributed by atoms with E-state index < -0.39 is 12.7 Å². The van der Waals surface area contributed by atoms with Crippen LogP contribution in [-0.2, 0) is 6.54 Å². The lowest BCUT2D eigenvalue weighted by molar-refractivity contribution is -0.142. The van der Waals surface area contributed by atoms with Gasteiger partial charge in [-0.05, 0) is 24.3 Å². The van der Waals surface area contributed by atoms with Gasteiger partial charge in [-0.25, -0.2) is 9.67 Å². The molecule has 0 saturated heterocycles. The van der Waals surface area contributed by atoms with Crippen molar-refractivity contribution in [3.63, 3.8) is 0 Å². The molecule has 1 heterocycles. The molecule has 0 aliphatic carbocycles. The first-order chi connectivity index (χ1) is 7.94. The molecule has 4 nitrogen and oxygen atoms in total. The number of halogens is 3. The summed E-state index contributed by atoms with van der Waals surface area (Å²) in [5, 5.41) is 3.74. The Kier molecular flexibility index (Phi) is 2.74. The minimum absolute atomic E-state index is 0.245. The van der Waals surface area contributed by atoms with Gasteiger partial charge in [0.15, 0.2) is 5.82 Å². The van der Waals surface area contributed by atoms with Gasteiger partial charge in [0.25, 0.3) is 0 Å². The number of alkyl halides is 3. The largest absolute Gasteiger partial charge is 0.408 e. The number of nitrogens with two attached hydrogens (primary N) is 1. The second-order valence-electron chi connectivity index (χ2n) is 3.50. The zero-order valence-electron chi connectivity index (χ0n) is 8.65. The zero-order chi connectivity index (χ0) is 12.5. The van der Waals surface area contributed by atoms with Crippen molar-refractivity contribution in [1.82, 2.24) is 14.8 Å². The van der Waals surface area contributed by atoms with Crippen LogP contribution < -0.4 is 5.73 Å². The molecule has 90 valence electrons. The average molecular weight is 242 g/mol. The highest BCUT2D eigenvalue weighted by molar-refractivity contribution is 5.57. The molecule has 0 fully saturated rings. The third-order valence-electron chi connectivity index (χ3n) is 2.05. The van der Waals surface area contributed by atoms with E-state index in [1.165, 1.54) is 0 Å². The van der Waals surface area contributed by atoms with Crippen molar-refractivity contribution in [2.24, 2.45) is 0 Å². The lowest BCUT2D eigenvalue weighted by Crippen LogP contribution is -2.17. The van der Waals surface area contributed by atoms with Crippen molar-refractivity contribution >= 4 is 5.69 Å². The number of benzene rings is 1. The Labute approximate surface area is 94.9 Å². The van der Waals surface area contributed by atoms with E-state index in [-0.39, 0.29) is 5.82 Å². The maximum atomic E-state index is 12.1. The quantitative estimate of drug-likeness (QED) is 0.820. The summed E-state index contributed by atoms with van der Waals surface area (Å²) in [5.74, 6) is 0.245. The Hall–Kier alpha value is -2.05. The topological polar surface area (TPSA) is 56.7 Å². The third-order valence-corrected chi connectivity index (χ3v) is 2.05. The van der Waals surface area contributed by atoms with Crippen LogP contribution in [-0.4, -0.2) is 20.9 Å². The smallest absolute Gasteiger partial charge is 0.399 e. The molecule has 0 radical (unpaired) electrons. The van der Waals surface area contributed by atoms with Crippen LogP contribution in [0.15, 0.2) is 30.6 Å². The van der Waals surface area contributed by atoms with E-state index in [4.69, 9.17) is 5.73 Å². The van der Waals surface area contributed by atoms with E-state index in [0.29, 0.717) is 11.3 Å². The van der Waals surface area contributed by atoms with Crippen LogP contribution in [0.5, 0.6) is 0 Å². The summed E-state index contributed by atoms with van der Waals surface area (Å²) < 4.78 is 37.1. The van der Waals surface area contributed by atoms with Crippen molar-refractivity contribution in [2.75, 3.05) is 5.73 Å². The van der Waals surface area contributed by atoms with Crippen molar-refractivity contribution < 1.29 is 13.2 Å². The van der Waals surface area contributed by atoms with Crippen molar-refractivity contribution in [2.45, 2.75) is 12.7 Å². The Morgan fingerprint density at radius 3 is 2.41 bits per heavy atom. The first-order valence-electron chi connectivity index (χ1n) is 4.76. The van der Waals surface area contributed by atoms with Gasteiger partial charge in [0, 0.05) is 11.3 Å². The van der Waals surface area contributed by atoms with Gasteiger partial charge in [-0.1, -0.05) is 0 Å². The van der Waals surface area contributed by atoms with Gasteiger partial charge in [-0.2, -0.15) is 18.3 Å². The molecule has 2 aromatic rings. The van der Waals surface area contributed by atoms with Gasteiger partial charge in [0.05, 0.1) is 0 Å². The summed E-state index contributed by atoms with van der Waals surface area (Å²) in [6, 6.07) is 6.59. The molecule has 1 aromatic carbocycles. The molecule has 0 amide bonds. The van der Waals surface area contributed by atoms with Crippen LogP contribution in [0.1, 0.15) is 0 Å². The van der Waals surface area contributed by atoms with Crippen LogP contribution in [0.25, 0.3) is 11.4 Å². The second-order valence-corrected chi connectivity index (χ2v) is 3.50. The van der Waals surface area contributed by atoms with Crippen LogP contribution in [0.4, 0.5) is 18.9 Å². The fraction of sp³-hybridized carbons (Fsp3) is 0.200. The molecular formula is C10H9F3N4. The monoisotopic (exact) mass is 242 g/mol. The molecule has 0 unspecified atom stereocenters. The van der Waals surface area contributed by atoms with Crippen LogP contribution >= 0.6 is 0 Å². The van der Waals surface area contributed by atoms with Gasteiger partial charge in [-0.3, -0.25) is 0 Å². The summed E-state index contributed by atoms with van der Waals surface area (Å²) >= 11 is 0. The van der Waals surface area contributed by atoms with Crippen LogP contribution in [0.2, 0.25) is 0 Å². The summed E-state index contributed by atoms with van der Waals surface area (Å²) in [6.45, 7) is -1.14. The normalized spacial score (nSPS) is 11.7. The van der Waals surface area contributed by atoms with E-state index in [1.54, 1.807) is 24.3 Å². The Bertz CT molecular complexity index is 501. The first-order valence-corrected chi connectivity index (χ1v) is 4.76. The number of aromatic nitrogens is 3. The standard InChI is InChI=1S/C10H9F3N4/c11-10(12,13)5-17-6-15-9(16-17)7-1-3-8(14)4-2-7/h1-4,6H,5,14H2. The predicted molar refractivity (Wildman–Crippen MR) is 55.9 cm³/mol. The minimum atomic E-state index is -4.30. The van der Waals surface area contributed by atoms with Crippen molar-refractivity contribution in [3.05, 3.63) is 30.6 Å². The molecular weight excluding hydrogens is 233 g/mol. The van der Waals surface area contributed by atoms with E-state index in [1.807, 2.05) is 0 Å². The van der Waals surface area contributed by atoms with Gasteiger partial charge >= 0.3 is 6.18 Å². The van der Waals surface area contributed by atoms with Gasteiger partial charge in [-0.15, -0.1) is 0 Å². The van der Waals surface area contributed by atoms with Crippen molar-refractivity contribution in [3.8, 4) is 11.4 Å². The second kappa shape index (κ2) is 4.08. The Morgan fingerprint density at radius 2 is 1.82 bits per heavy atom. The maximum Gasteiger partial charge on any atom is 0.408 e. The van der Waals surface area contributed by atoms with E-state index in [0.717, 1.165) is 11.0 Å². The van der Waals surface area contributed by atoms with Gasteiger partial charge in [0.1, 0.15) is 12.9 Å². The Balaban J connectivity index is 2.21. The molecule has 1 aromatic heterocycles. The predicted octanol–water partition coefficient (Wildman–Crippen LogP) is 2.09. The maximum absolute atomic E-state index is 12.1. The Morgan fingerprint density at radius 1 is 1.18 bits per heavy atom. The van der Waals surface area contributed by atoms with E-state index in [9.17, 15) is 13.2 Å².